The minimum atomic E-state index is 0. The van der Waals surface area contributed by atoms with Gasteiger partial charge < -0.3 is 5.73 Å². The molecule has 1 heterocycles. The average Bonchev–Trinajstić information content (AvgIpc) is 1.87. The molecule has 2 nitrogen and oxygen atoms in total. The van der Waals surface area contributed by atoms with Gasteiger partial charge in [0, 0.05) is 6.81 Å². The molecule has 0 fully saturated rings. The minimum Gasteiger partial charge on any atom is -0.375 e. The molecule has 3 heteroatoms. The van der Waals surface area contributed by atoms with Crippen molar-refractivity contribution in [3.8, 4) is 0 Å². The quantitative estimate of drug-likeness (QED) is 0.554. The molecule has 1 aromatic heterocycles. The van der Waals surface area contributed by atoms with Crippen molar-refractivity contribution in [1.82, 2.24) is 4.98 Å². The average molecular weight is 116 g/mol. The Balaban J connectivity index is 0.000000490. The standard InChI is InChI=1S/C4H6N2S.H2/c1-3-2-7-4(5)6-3;/h2H,1H3,(H2,5,6);1H. The molecule has 0 aromatic carbocycles. The summed E-state index contributed by atoms with van der Waals surface area (Å²) in [6.45, 7) is 1.92. The van der Waals surface area contributed by atoms with Gasteiger partial charge in [-0.25, -0.2) is 4.98 Å². The highest BCUT2D eigenvalue weighted by molar-refractivity contribution is 7.13. The lowest BCUT2D eigenvalue weighted by Gasteiger charge is -1.72. The second kappa shape index (κ2) is 1.50. The molecule has 2 N–H and O–H groups in total. The second-order valence-corrected chi connectivity index (χ2v) is 2.22. The van der Waals surface area contributed by atoms with E-state index >= 15 is 0 Å². The molecule has 0 bridgehead atoms. The van der Waals surface area contributed by atoms with E-state index in [9.17, 15) is 0 Å². The first-order valence-corrected chi connectivity index (χ1v) is 2.84. The highest BCUT2D eigenvalue weighted by Crippen LogP contribution is 2.08. The third kappa shape index (κ3) is 0.899. The highest BCUT2D eigenvalue weighted by Gasteiger charge is 1.86. The third-order valence-electron chi connectivity index (χ3n) is 0.637. The Hall–Kier alpha value is -0.570. The van der Waals surface area contributed by atoms with Crippen LogP contribution in [0.1, 0.15) is 7.12 Å². The van der Waals surface area contributed by atoms with Crippen LogP contribution in [0.2, 0.25) is 0 Å². The molecular formula is C4H8N2S. The van der Waals surface area contributed by atoms with Gasteiger partial charge in [-0.15, -0.1) is 11.3 Å². The molecule has 0 aliphatic carbocycles. The molecule has 0 atom stereocenters. The number of thiazole rings is 1. The van der Waals surface area contributed by atoms with Crippen LogP contribution in [0.25, 0.3) is 0 Å². The summed E-state index contributed by atoms with van der Waals surface area (Å²) in [6, 6.07) is 0. The fourth-order valence-electron chi connectivity index (χ4n) is 0.372. The second-order valence-electron chi connectivity index (χ2n) is 1.33. The van der Waals surface area contributed by atoms with Crippen molar-refractivity contribution in [2.75, 3.05) is 5.73 Å². The van der Waals surface area contributed by atoms with Crippen molar-refractivity contribution in [1.29, 1.82) is 0 Å². The number of nitrogens with zero attached hydrogens (tertiary/aromatic N) is 1. The number of nitrogens with two attached hydrogens (primary N) is 1. The number of aromatic nitrogens is 1. The fourth-order valence-corrected chi connectivity index (χ4v) is 0.913. The van der Waals surface area contributed by atoms with Crippen molar-refractivity contribution >= 4 is 16.5 Å². The molecule has 0 aliphatic heterocycles. The maximum absolute atomic E-state index is 5.29. The first kappa shape index (κ1) is 4.59. The Morgan fingerprint density at radius 3 is 2.86 bits per heavy atom. The van der Waals surface area contributed by atoms with E-state index in [4.69, 9.17) is 5.73 Å². The zero-order valence-electron chi connectivity index (χ0n) is 4.01. The number of anilines is 1. The van der Waals surface area contributed by atoms with Gasteiger partial charge in [-0.3, -0.25) is 0 Å². The normalized spacial score (nSPS) is 9.29. The van der Waals surface area contributed by atoms with Crippen molar-refractivity contribution < 1.29 is 1.43 Å². The fraction of sp³-hybridized carbons (Fsp3) is 0.250. The molecule has 7 heavy (non-hydrogen) atoms. The summed E-state index contributed by atoms with van der Waals surface area (Å²) in [5, 5.41) is 2.58. The topological polar surface area (TPSA) is 38.9 Å². The van der Waals surface area contributed by atoms with Crippen LogP contribution in [0.5, 0.6) is 0 Å². The van der Waals surface area contributed by atoms with Gasteiger partial charge in [-0.05, 0) is 6.92 Å². The summed E-state index contributed by atoms with van der Waals surface area (Å²) < 4.78 is 0. The zero-order valence-corrected chi connectivity index (χ0v) is 4.83. The Morgan fingerprint density at radius 2 is 2.71 bits per heavy atom. The lowest BCUT2D eigenvalue weighted by Crippen LogP contribution is -1.80. The van der Waals surface area contributed by atoms with E-state index in [1.165, 1.54) is 11.3 Å². The van der Waals surface area contributed by atoms with Crippen LogP contribution in [-0.4, -0.2) is 4.98 Å². The summed E-state index contributed by atoms with van der Waals surface area (Å²) in [5.41, 5.74) is 6.29. The molecule has 40 valence electrons. The number of nitrogen functional groups attached to an aromatic ring is 1. The minimum absolute atomic E-state index is 0. The maximum Gasteiger partial charge on any atom is 0.180 e. The Morgan fingerprint density at radius 1 is 2.00 bits per heavy atom. The molecule has 0 amide bonds. The molecular weight excluding hydrogens is 108 g/mol. The SMILES string of the molecule is Cc1csc(N)n1.[HH]. The summed E-state index contributed by atoms with van der Waals surface area (Å²) in [5.74, 6) is 0. The molecule has 1 rings (SSSR count). The van der Waals surface area contributed by atoms with Gasteiger partial charge in [-0.2, -0.15) is 0 Å². The Labute approximate surface area is 47.5 Å². The Kier molecular flexibility index (Phi) is 0.982. The van der Waals surface area contributed by atoms with E-state index < -0.39 is 0 Å². The summed E-state index contributed by atoms with van der Waals surface area (Å²) in [6.07, 6.45) is 0. The van der Waals surface area contributed by atoms with E-state index in [2.05, 4.69) is 4.98 Å². The van der Waals surface area contributed by atoms with E-state index in [-0.39, 0.29) is 1.43 Å². The molecule has 0 saturated carbocycles. The maximum atomic E-state index is 5.29. The molecule has 0 saturated heterocycles. The van der Waals surface area contributed by atoms with Gasteiger partial charge in [0.15, 0.2) is 5.13 Å². The van der Waals surface area contributed by atoms with Crippen LogP contribution in [0.15, 0.2) is 5.38 Å². The zero-order chi connectivity index (χ0) is 5.28. The van der Waals surface area contributed by atoms with Gasteiger partial charge in [-0.1, -0.05) is 0 Å². The monoisotopic (exact) mass is 116 g/mol. The van der Waals surface area contributed by atoms with E-state index in [0.29, 0.717) is 5.13 Å². The van der Waals surface area contributed by atoms with Crippen molar-refractivity contribution in [3.05, 3.63) is 11.1 Å². The highest BCUT2D eigenvalue weighted by atomic mass is 32.1. The summed E-state index contributed by atoms with van der Waals surface area (Å²) in [4.78, 5) is 3.91. The first-order valence-electron chi connectivity index (χ1n) is 1.96. The van der Waals surface area contributed by atoms with Gasteiger partial charge >= 0.3 is 0 Å². The predicted octanol–water partition coefficient (Wildman–Crippen LogP) is 1.28. The number of rotatable bonds is 0. The van der Waals surface area contributed by atoms with Crippen LogP contribution >= 0.6 is 11.3 Å². The third-order valence-corrected chi connectivity index (χ3v) is 1.43. The van der Waals surface area contributed by atoms with Crippen molar-refractivity contribution in [2.24, 2.45) is 0 Å². The van der Waals surface area contributed by atoms with Crippen molar-refractivity contribution in [3.63, 3.8) is 0 Å². The molecule has 0 radical (unpaired) electrons. The van der Waals surface area contributed by atoms with E-state index in [0.717, 1.165) is 5.69 Å². The molecule has 0 unspecified atom stereocenters. The van der Waals surface area contributed by atoms with Gasteiger partial charge in [0.1, 0.15) is 0 Å². The number of aryl methyl sites for hydroxylation is 1. The smallest absolute Gasteiger partial charge is 0.180 e. The van der Waals surface area contributed by atoms with Crippen LogP contribution in [0.4, 0.5) is 5.13 Å². The van der Waals surface area contributed by atoms with E-state index in [1.54, 1.807) is 0 Å². The van der Waals surface area contributed by atoms with Crippen molar-refractivity contribution in [2.45, 2.75) is 6.92 Å². The van der Waals surface area contributed by atoms with Crippen LogP contribution in [0, 0.1) is 6.92 Å². The van der Waals surface area contributed by atoms with Crippen LogP contribution in [0.3, 0.4) is 0 Å². The van der Waals surface area contributed by atoms with Gasteiger partial charge in [0.05, 0.1) is 5.69 Å². The summed E-state index contributed by atoms with van der Waals surface area (Å²) in [7, 11) is 0. The predicted molar refractivity (Wildman–Crippen MR) is 33.4 cm³/mol. The van der Waals surface area contributed by atoms with Crippen LogP contribution in [-0.2, 0) is 0 Å². The largest absolute Gasteiger partial charge is 0.375 e. The number of hydrogen-bond acceptors (Lipinski definition) is 3. The Bertz CT molecular complexity index is 146. The first-order chi connectivity index (χ1) is 3.29. The molecule has 0 aliphatic rings. The lowest BCUT2D eigenvalue weighted by atomic mass is 10.6. The molecule has 0 spiro atoms. The van der Waals surface area contributed by atoms with Gasteiger partial charge in [0.25, 0.3) is 0 Å². The van der Waals surface area contributed by atoms with Gasteiger partial charge in [0.2, 0.25) is 0 Å². The number of hydrogen-bond donors (Lipinski definition) is 1. The lowest BCUT2D eigenvalue weighted by molar-refractivity contribution is 1.27. The van der Waals surface area contributed by atoms with Crippen LogP contribution < -0.4 is 5.73 Å². The molecule has 1 aromatic rings. The summed E-state index contributed by atoms with van der Waals surface area (Å²) >= 11 is 1.47. The van der Waals surface area contributed by atoms with E-state index in [1.807, 2.05) is 12.3 Å².